The minimum Gasteiger partial charge on any atom is -0.492 e. The third-order valence-electron chi connectivity index (χ3n) is 3.80. The summed E-state index contributed by atoms with van der Waals surface area (Å²) in [6, 6.07) is 9.77. The van der Waals surface area contributed by atoms with E-state index in [9.17, 15) is 4.79 Å². The van der Waals surface area contributed by atoms with Gasteiger partial charge in [0.05, 0.1) is 17.7 Å². The number of thioether (sulfide) groups is 1. The second-order valence-corrected chi connectivity index (χ2v) is 6.13. The summed E-state index contributed by atoms with van der Waals surface area (Å²) in [5.41, 5.74) is 0. The Kier molecular flexibility index (Phi) is 5.77. The molecule has 110 valence electrons. The quantitative estimate of drug-likeness (QED) is 0.771. The highest BCUT2D eigenvalue weighted by Crippen LogP contribution is 2.33. The summed E-state index contributed by atoms with van der Waals surface area (Å²) in [7, 11) is 0. The molecular formula is C16H23NO2S. The van der Waals surface area contributed by atoms with Gasteiger partial charge >= 0.3 is 0 Å². The molecule has 0 spiro atoms. The summed E-state index contributed by atoms with van der Waals surface area (Å²) in [6.07, 6.45) is 2.25. The topological polar surface area (TPSA) is 29.5 Å². The number of nitrogens with zero attached hydrogens (tertiary/aromatic N) is 1. The SMILES string of the molecule is CCC(CC)C1SCC(=O)N1CCOc1ccccc1. The lowest BCUT2D eigenvalue weighted by Gasteiger charge is -2.29. The molecular weight excluding hydrogens is 270 g/mol. The van der Waals surface area contributed by atoms with E-state index in [1.165, 1.54) is 0 Å². The van der Waals surface area contributed by atoms with Crippen LogP contribution in [0.25, 0.3) is 0 Å². The third kappa shape index (κ3) is 3.69. The van der Waals surface area contributed by atoms with Crippen LogP contribution in [0.1, 0.15) is 26.7 Å². The number of carbonyl (C=O) groups is 1. The van der Waals surface area contributed by atoms with Gasteiger partial charge < -0.3 is 9.64 Å². The first-order valence-electron chi connectivity index (χ1n) is 7.35. The molecule has 4 heteroatoms. The highest BCUT2D eigenvalue weighted by molar-refractivity contribution is 8.01. The molecule has 20 heavy (non-hydrogen) atoms. The average Bonchev–Trinajstić information content (AvgIpc) is 2.83. The van der Waals surface area contributed by atoms with Crippen molar-refractivity contribution >= 4 is 17.7 Å². The predicted molar refractivity (Wildman–Crippen MR) is 84.0 cm³/mol. The number of ether oxygens (including phenoxy) is 1. The molecule has 1 atom stereocenters. The normalized spacial score (nSPS) is 18.9. The highest BCUT2D eigenvalue weighted by Gasteiger charge is 2.35. The number of hydrogen-bond acceptors (Lipinski definition) is 3. The van der Waals surface area contributed by atoms with Crippen molar-refractivity contribution in [2.45, 2.75) is 32.1 Å². The fourth-order valence-electron chi connectivity index (χ4n) is 2.58. The fraction of sp³-hybridized carbons (Fsp3) is 0.562. The monoisotopic (exact) mass is 293 g/mol. The van der Waals surface area contributed by atoms with Crippen LogP contribution in [0.4, 0.5) is 0 Å². The van der Waals surface area contributed by atoms with Crippen LogP contribution in [-0.2, 0) is 4.79 Å². The Hall–Kier alpha value is -1.16. The summed E-state index contributed by atoms with van der Waals surface area (Å²) in [6.45, 7) is 5.65. The molecule has 0 N–H and O–H groups in total. The number of para-hydroxylation sites is 1. The molecule has 0 aromatic heterocycles. The Bertz CT molecular complexity index is 420. The van der Waals surface area contributed by atoms with Crippen LogP contribution in [0, 0.1) is 5.92 Å². The third-order valence-corrected chi connectivity index (χ3v) is 5.20. The smallest absolute Gasteiger partial charge is 0.233 e. The van der Waals surface area contributed by atoms with Crippen molar-refractivity contribution in [2.24, 2.45) is 5.92 Å². The van der Waals surface area contributed by atoms with Crippen LogP contribution in [0.3, 0.4) is 0 Å². The number of carbonyl (C=O) groups excluding carboxylic acids is 1. The average molecular weight is 293 g/mol. The van der Waals surface area contributed by atoms with Crippen molar-refractivity contribution in [3.8, 4) is 5.75 Å². The maximum atomic E-state index is 12.0. The summed E-state index contributed by atoms with van der Waals surface area (Å²) in [5, 5.41) is 0.330. The Morgan fingerprint density at radius 3 is 2.65 bits per heavy atom. The molecule has 1 unspecified atom stereocenters. The summed E-state index contributed by atoms with van der Waals surface area (Å²) in [4.78, 5) is 14.0. The van der Waals surface area contributed by atoms with Crippen LogP contribution in [0.15, 0.2) is 30.3 Å². The zero-order valence-electron chi connectivity index (χ0n) is 12.2. The minimum atomic E-state index is 0.253. The van der Waals surface area contributed by atoms with Gasteiger partial charge in [-0.15, -0.1) is 11.8 Å². The molecule has 0 saturated carbocycles. The van der Waals surface area contributed by atoms with Crippen molar-refractivity contribution in [1.82, 2.24) is 4.90 Å². The maximum Gasteiger partial charge on any atom is 0.233 e. The molecule has 3 nitrogen and oxygen atoms in total. The number of amides is 1. The number of hydrogen-bond donors (Lipinski definition) is 0. The van der Waals surface area contributed by atoms with E-state index in [1.807, 2.05) is 35.2 Å². The zero-order valence-corrected chi connectivity index (χ0v) is 13.1. The Labute approximate surface area is 125 Å². The van der Waals surface area contributed by atoms with Crippen LogP contribution < -0.4 is 4.74 Å². The highest BCUT2D eigenvalue weighted by atomic mass is 32.2. The van der Waals surface area contributed by atoms with Gasteiger partial charge in [-0.05, 0) is 18.1 Å². The molecule has 0 bridgehead atoms. The zero-order chi connectivity index (χ0) is 14.4. The van der Waals surface area contributed by atoms with Gasteiger partial charge in [-0.25, -0.2) is 0 Å². The lowest BCUT2D eigenvalue weighted by molar-refractivity contribution is -0.129. The molecule has 1 aromatic carbocycles. The van der Waals surface area contributed by atoms with Crippen molar-refractivity contribution in [2.75, 3.05) is 18.9 Å². The van der Waals surface area contributed by atoms with Crippen molar-refractivity contribution in [3.63, 3.8) is 0 Å². The molecule has 1 fully saturated rings. The van der Waals surface area contributed by atoms with E-state index in [4.69, 9.17) is 4.74 Å². The molecule has 0 aliphatic carbocycles. The van der Waals surface area contributed by atoms with Crippen molar-refractivity contribution < 1.29 is 9.53 Å². The summed E-state index contributed by atoms with van der Waals surface area (Å²) in [5.74, 6) is 2.32. The number of benzene rings is 1. The second kappa shape index (κ2) is 7.58. The molecule has 0 radical (unpaired) electrons. The lowest BCUT2D eigenvalue weighted by atomic mass is 10.0. The van der Waals surface area contributed by atoms with Gasteiger partial charge in [-0.3, -0.25) is 4.79 Å². The van der Waals surface area contributed by atoms with E-state index in [2.05, 4.69) is 13.8 Å². The van der Waals surface area contributed by atoms with E-state index >= 15 is 0 Å². The largest absolute Gasteiger partial charge is 0.492 e. The summed E-state index contributed by atoms with van der Waals surface area (Å²) >= 11 is 1.78. The van der Waals surface area contributed by atoms with E-state index in [0.717, 1.165) is 18.6 Å². The van der Waals surface area contributed by atoms with Crippen LogP contribution in [0.2, 0.25) is 0 Å². The minimum absolute atomic E-state index is 0.253. The Morgan fingerprint density at radius 2 is 2.00 bits per heavy atom. The van der Waals surface area contributed by atoms with Crippen LogP contribution in [0.5, 0.6) is 5.75 Å². The standard InChI is InChI=1S/C16H23NO2S/c1-3-13(4-2)16-17(15(18)12-20-16)10-11-19-14-8-6-5-7-9-14/h5-9,13,16H,3-4,10-12H2,1-2H3. The second-order valence-electron chi connectivity index (χ2n) is 5.03. The van der Waals surface area contributed by atoms with Gasteiger partial charge in [0, 0.05) is 0 Å². The summed E-state index contributed by atoms with van der Waals surface area (Å²) < 4.78 is 5.71. The van der Waals surface area contributed by atoms with Crippen molar-refractivity contribution in [3.05, 3.63) is 30.3 Å². The molecule has 1 aromatic rings. The lowest BCUT2D eigenvalue weighted by Crippen LogP contribution is -2.39. The van der Waals surface area contributed by atoms with Gasteiger partial charge in [0.1, 0.15) is 12.4 Å². The first-order chi connectivity index (χ1) is 9.76. The maximum absolute atomic E-state index is 12.0. The molecule has 1 aliphatic heterocycles. The van der Waals surface area contributed by atoms with Gasteiger partial charge in [0.25, 0.3) is 0 Å². The van der Waals surface area contributed by atoms with E-state index in [0.29, 0.717) is 30.2 Å². The molecule has 2 rings (SSSR count). The van der Waals surface area contributed by atoms with E-state index in [1.54, 1.807) is 11.8 Å². The van der Waals surface area contributed by atoms with Gasteiger partial charge in [-0.2, -0.15) is 0 Å². The van der Waals surface area contributed by atoms with Crippen LogP contribution in [-0.4, -0.2) is 35.1 Å². The molecule has 1 amide bonds. The molecule has 1 heterocycles. The molecule has 1 saturated heterocycles. The molecule has 1 aliphatic rings. The van der Waals surface area contributed by atoms with E-state index < -0.39 is 0 Å². The number of rotatable bonds is 7. The van der Waals surface area contributed by atoms with Gasteiger partial charge in [0.2, 0.25) is 5.91 Å². The van der Waals surface area contributed by atoms with E-state index in [-0.39, 0.29) is 5.91 Å². The van der Waals surface area contributed by atoms with Crippen molar-refractivity contribution in [1.29, 1.82) is 0 Å². The van der Waals surface area contributed by atoms with Gasteiger partial charge in [-0.1, -0.05) is 44.9 Å². The first kappa shape index (κ1) is 15.2. The Balaban J connectivity index is 1.87. The van der Waals surface area contributed by atoms with Gasteiger partial charge in [0.15, 0.2) is 0 Å². The Morgan fingerprint density at radius 1 is 1.30 bits per heavy atom. The first-order valence-corrected chi connectivity index (χ1v) is 8.40. The predicted octanol–water partition coefficient (Wildman–Crippen LogP) is 3.40. The fourth-order valence-corrected chi connectivity index (χ4v) is 4.12. The van der Waals surface area contributed by atoms with Crippen LogP contribution >= 0.6 is 11.8 Å².